The van der Waals surface area contributed by atoms with Gasteiger partial charge in [0.25, 0.3) is 0 Å². The highest BCUT2D eigenvalue weighted by molar-refractivity contribution is 5.89. The first-order valence-corrected chi connectivity index (χ1v) is 9.73. The van der Waals surface area contributed by atoms with E-state index in [4.69, 9.17) is 20.2 Å². The average Bonchev–Trinajstić information content (AvgIpc) is 3.18. The number of methoxy groups -OCH3 is 1. The van der Waals surface area contributed by atoms with Gasteiger partial charge in [0, 0.05) is 36.4 Å². The van der Waals surface area contributed by atoms with Crippen molar-refractivity contribution in [1.29, 1.82) is 0 Å². The van der Waals surface area contributed by atoms with Gasteiger partial charge in [0.1, 0.15) is 23.6 Å². The fourth-order valence-electron chi connectivity index (χ4n) is 3.84. The zero-order valence-electron chi connectivity index (χ0n) is 16.9. The Labute approximate surface area is 174 Å². The third kappa shape index (κ3) is 3.78. The summed E-state index contributed by atoms with van der Waals surface area (Å²) in [6.07, 6.45) is 0.0120. The van der Waals surface area contributed by atoms with E-state index in [1.165, 1.54) is 11.8 Å². The van der Waals surface area contributed by atoms with Crippen LogP contribution in [0.4, 0.5) is 0 Å². The molecule has 2 N–H and O–H groups in total. The first-order valence-electron chi connectivity index (χ1n) is 9.73. The third-order valence-corrected chi connectivity index (χ3v) is 5.34. The van der Waals surface area contributed by atoms with E-state index >= 15 is 0 Å². The molecule has 0 radical (unpaired) electrons. The van der Waals surface area contributed by atoms with Crippen LogP contribution in [-0.2, 0) is 9.59 Å². The van der Waals surface area contributed by atoms with E-state index in [-0.39, 0.29) is 12.0 Å². The molecule has 0 saturated carbocycles. The van der Waals surface area contributed by atoms with Crippen molar-refractivity contribution >= 4 is 22.7 Å². The number of hydrogen-bond donors (Lipinski definition) is 1. The number of amides is 2. The largest absolute Gasteiger partial charge is 0.497 e. The molecule has 2 atom stereocenters. The Kier molecular flexibility index (Phi) is 5.27. The Hall–Kier alpha value is -3.61. The maximum atomic E-state index is 11.9. The summed E-state index contributed by atoms with van der Waals surface area (Å²) in [5.74, 6) is 0.619. The van der Waals surface area contributed by atoms with E-state index in [1.54, 1.807) is 7.11 Å². The van der Waals surface area contributed by atoms with Crippen molar-refractivity contribution < 1.29 is 19.1 Å². The molecule has 1 aromatic heterocycles. The fourth-order valence-corrected chi connectivity index (χ4v) is 3.84. The van der Waals surface area contributed by atoms with Gasteiger partial charge in [-0.05, 0) is 12.1 Å². The van der Waals surface area contributed by atoms with Crippen molar-refractivity contribution in [3.05, 3.63) is 54.6 Å². The minimum absolute atomic E-state index is 0.195. The number of benzene rings is 2. The van der Waals surface area contributed by atoms with Gasteiger partial charge >= 0.3 is 0 Å². The summed E-state index contributed by atoms with van der Waals surface area (Å²) < 4.78 is 11.6. The van der Waals surface area contributed by atoms with Crippen molar-refractivity contribution in [3.63, 3.8) is 0 Å². The summed E-state index contributed by atoms with van der Waals surface area (Å²) in [5.41, 5.74) is 7.95. The molecule has 7 heteroatoms. The number of likely N-dealkylation sites (tertiary alicyclic amines) is 1. The number of aromatic nitrogens is 1. The summed E-state index contributed by atoms with van der Waals surface area (Å²) >= 11 is 0. The number of pyridine rings is 1. The minimum Gasteiger partial charge on any atom is -0.497 e. The van der Waals surface area contributed by atoms with Crippen LogP contribution in [0, 0.1) is 0 Å². The zero-order chi connectivity index (χ0) is 21.3. The van der Waals surface area contributed by atoms with Crippen molar-refractivity contribution in [2.24, 2.45) is 5.73 Å². The second-order valence-electron chi connectivity index (χ2n) is 7.32. The highest BCUT2D eigenvalue weighted by Gasteiger charge is 2.38. The Balaban J connectivity index is 1.74. The monoisotopic (exact) mass is 405 g/mol. The lowest BCUT2D eigenvalue weighted by Crippen LogP contribution is -2.42. The number of rotatable bonds is 5. The van der Waals surface area contributed by atoms with E-state index in [2.05, 4.69) is 0 Å². The molecule has 1 aliphatic heterocycles. The van der Waals surface area contributed by atoms with Crippen LogP contribution in [0.25, 0.3) is 22.2 Å². The summed E-state index contributed by atoms with van der Waals surface area (Å²) in [6, 6.07) is 16.6. The molecule has 2 amide bonds. The molecular formula is C23H23N3O4. The van der Waals surface area contributed by atoms with Gasteiger partial charge in [-0.2, -0.15) is 0 Å². The van der Waals surface area contributed by atoms with Gasteiger partial charge in [-0.1, -0.05) is 30.3 Å². The third-order valence-electron chi connectivity index (χ3n) is 5.34. The lowest BCUT2D eigenvalue weighted by molar-refractivity contribution is -0.135. The molecule has 0 aliphatic carbocycles. The Bertz CT molecular complexity index is 1080. The van der Waals surface area contributed by atoms with E-state index in [0.29, 0.717) is 24.5 Å². The number of nitrogens with zero attached hydrogens (tertiary/aromatic N) is 2. The Morgan fingerprint density at radius 2 is 1.90 bits per heavy atom. The molecule has 2 unspecified atom stereocenters. The first-order chi connectivity index (χ1) is 14.5. The van der Waals surface area contributed by atoms with Gasteiger partial charge in [0.15, 0.2) is 0 Å². The molecule has 1 fully saturated rings. The van der Waals surface area contributed by atoms with Gasteiger partial charge < -0.3 is 20.1 Å². The second-order valence-corrected chi connectivity index (χ2v) is 7.32. The minimum atomic E-state index is -0.658. The molecule has 4 rings (SSSR count). The van der Waals surface area contributed by atoms with E-state index in [1.807, 2.05) is 54.6 Å². The van der Waals surface area contributed by atoms with Gasteiger partial charge in [-0.3, -0.25) is 9.59 Å². The van der Waals surface area contributed by atoms with Crippen molar-refractivity contribution in [2.75, 3.05) is 13.7 Å². The van der Waals surface area contributed by atoms with Crippen molar-refractivity contribution in [3.8, 4) is 22.8 Å². The molecule has 3 aromatic rings. The Morgan fingerprint density at radius 3 is 2.53 bits per heavy atom. The topological polar surface area (TPSA) is 94.8 Å². The van der Waals surface area contributed by atoms with Gasteiger partial charge in [0.05, 0.1) is 24.9 Å². The summed E-state index contributed by atoms with van der Waals surface area (Å²) in [4.78, 5) is 30.0. The summed E-state index contributed by atoms with van der Waals surface area (Å²) in [7, 11) is 1.61. The molecule has 1 saturated heterocycles. The normalized spacial score (nSPS) is 18.4. The maximum Gasteiger partial charge on any atom is 0.240 e. The number of carbonyl (C=O) groups excluding carboxylic acids is 2. The van der Waals surface area contributed by atoms with Crippen LogP contribution in [0.2, 0.25) is 0 Å². The molecular weight excluding hydrogens is 382 g/mol. The van der Waals surface area contributed by atoms with Gasteiger partial charge in [-0.15, -0.1) is 0 Å². The fraction of sp³-hybridized carbons (Fsp3) is 0.261. The SMILES string of the molecule is COc1ccc2c(OC3CC(C(N)=O)N(C(C)=O)C3)cc(-c3ccccc3)nc2c1. The van der Waals surface area contributed by atoms with Crippen LogP contribution < -0.4 is 15.2 Å². The van der Waals surface area contributed by atoms with Crippen molar-refractivity contribution in [2.45, 2.75) is 25.5 Å². The van der Waals surface area contributed by atoms with Crippen LogP contribution in [-0.4, -0.2) is 47.5 Å². The van der Waals surface area contributed by atoms with E-state index in [9.17, 15) is 9.59 Å². The van der Waals surface area contributed by atoms with Crippen molar-refractivity contribution in [1.82, 2.24) is 9.88 Å². The predicted octanol–water partition coefficient (Wildman–Crippen LogP) is 2.76. The molecule has 7 nitrogen and oxygen atoms in total. The number of carbonyl (C=O) groups is 2. The van der Waals surface area contributed by atoms with E-state index in [0.717, 1.165) is 22.2 Å². The van der Waals surface area contributed by atoms with Crippen LogP contribution in [0.15, 0.2) is 54.6 Å². The summed E-state index contributed by atoms with van der Waals surface area (Å²) in [5, 5.41) is 0.826. The molecule has 30 heavy (non-hydrogen) atoms. The average molecular weight is 405 g/mol. The quantitative estimate of drug-likeness (QED) is 0.704. The molecule has 0 spiro atoms. The van der Waals surface area contributed by atoms with Crippen LogP contribution in [0.1, 0.15) is 13.3 Å². The van der Waals surface area contributed by atoms with E-state index < -0.39 is 11.9 Å². The molecule has 2 heterocycles. The number of nitrogens with two attached hydrogens (primary N) is 1. The highest BCUT2D eigenvalue weighted by atomic mass is 16.5. The van der Waals surface area contributed by atoms with Gasteiger partial charge in [-0.25, -0.2) is 4.98 Å². The highest BCUT2D eigenvalue weighted by Crippen LogP contribution is 2.34. The molecule has 0 bridgehead atoms. The van der Waals surface area contributed by atoms with Crippen LogP contribution in [0.3, 0.4) is 0 Å². The molecule has 2 aromatic carbocycles. The summed E-state index contributed by atoms with van der Waals surface area (Å²) in [6.45, 7) is 1.74. The number of fused-ring (bicyclic) bond motifs is 1. The zero-order valence-corrected chi connectivity index (χ0v) is 16.9. The van der Waals surface area contributed by atoms with Crippen LogP contribution in [0.5, 0.6) is 11.5 Å². The number of primary amides is 1. The Morgan fingerprint density at radius 1 is 1.13 bits per heavy atom. The lowest BCUT2D eigenvalue weighted by Gasteiger charge is -2.19. The first kappa shape index (κ1) is 19.7. The second kappa shape index (κ2) is 8.02. The standard InChI is InChI=1S/C23H23N3O4/c1-14(27)26-13-17(11-21(26)23(24)28)30-22-12-19(15-6-4-3-5-7-15)25-20-10-16(29-2)8-9-18(20)22/h3-10,12,17,21H,11,13H2,1-2H3,(H2,24,28). The molecule has 1 aliphatic rings. The van der Waals surface area contributed by atoms with Crippen LogP contribution >= 0.6 is 0 Å². The lowest BCUT2D eigenvalue weighted by atomic mass is 10.1. The number of ether oxygens (including phenoxy) is 2. The maximum absolute atomic E-state index is 11.9. The molecule has 154 valence electrons. The number of hydrogen-bond acceptors (Lipinski definition) is 5. The van der Waals surface area contributed by atoms with Gasteiger partial charge in [0.2, 0.25) is 11.8 Å². The smallest absolute Gasteiger partial charge is 0.240 e. The predicted molar refractivity (Wildman–Crippen MR) is 113 cm³/mol.